The van der Waals surface area contributed by atoms with Gasteiger partial charge in [0.15, 0.2) is 0 Å². The predicted molar refractivity (Wildman–Crippen MR) is 137 cm³/mol. The molecule has 0 bridgehead atoms. The van der Waals surface area contributed by atoms with Crippen molar-refractivity contribution in [3.63, 3.8) is 0 Å². The fourth-order valence-corrected chi connectivity index (χ4v) is 4.66. The second kappa shape index (κ2) is 11.4. The standard InChI is InChI=1S/C27H34N4O5/c1-4-12-28-25(32)15-20-9-10-22-24(36-20)16-35-23-11-8-19(14-21(23)26(33)31(22)3)30-27(34)29-18-7-5-6-17(2)13-18/h5-8,11,13-14,20,22,24H,4,9-10,12,15-16H2,1-3H3,(H,28,32)(H2,29,30,34)/t20-,22-,24-/m1/s1. The van der Waals surface area contributed by atoms with E-state index in [1.807, 2.05) is 38.1 Å². The summed E-state index contributed by atoms with van der Waals surface area (Å²) < 4.78 is 12.2. The highest BCUT2D eigenvalue weighted by atomic mass is 16.5. The van der Waals surface area contributed by atoms with E-state index in [2.05, 4.69) is 16.0 Å². The Hall–Kier alpha value is -3.59. The van der Waals surface area contributed by atoms with Crippen LogP contribution in [0.5, 0.6) is 5.75 Å². The molecule has 0 aromatic heterocycles. The van der Waals surface area contributed by atoms with Gasteiger partial charge in [-0.2, -0.15) is 0 Å². The molecule has 0 saturated carbocycles. The average Bonchev–Trinajstić information content (AvgIpc) is 2.85. The Morgan fingerprint density at radius 3 is 2.61 bits per heavy atom. The van der Waals surface area contributed by atoms with Crippen molar-refractivity contribution in [2.75, 3.05) is 30.8 Å². The van der Waals surface area contributed by atoms with Crippen LogP contribution in [0.1, 0.15) is 48.5 Å². The number of carbonyl (C=O) groups is 3. The van der Waals surface area contributed by atoms with Gasteiger partial charge >= 0.3 is 6.03 Å². The molecule has 36 heavy (non-hydrogen) atoms. The minimum absolute atomic E-state index is 0.0201. The lowest BCUT2D eigenvalue weighted by molar-refractivity contribution is -0.134. The van der Waals surface area contributed by atoms with Gasteiger partial charge in [0.1, 0.15) is 18.5 Å². The number of hydrogen-bond acceptors (Lipinski definition) is 5. The zero-order chi connectivity index (χ0) is 25.7. The minimum atomic E-state index is -0.400. The number of aryl methyl sites for hydroxylation is 1. The molecule has 0 spiro atoms. The normalized spacial score (nSPS) is 21.2. The van der Waals surface area contributed by atoms with Crippen molar-refractivity contribution in [1.29, 1.82) is 0 Å². The number of nitrogens with one attached hydrogen (secondary N) is 3. The van der Waals surface area contributed by atoms with E-state index in [-0.39, 0.29) is 36.7 Å². The molecule has 1 saturated heterocycles. The Bertz CT molecular complexity index is 1120. The SMILES string of the molecule is CCCNC(=O)C[C@H]1CC[C@@H]2[C@@H](COc3ccc(NC(=O)Nc4cccc(C)c4)cc3C(=O)N2C)O1. The average molecular weight is 495 g/mol. The molecule has 0 radical (unpaired) electrons. The van der Waals surface area contributed by atoms with Crippen LogP contribution in [0.3, 0.4) is 0 Å². The molecule has 2 aliphatic heterocycles. The van der Waals surface area contributed by atoms with Crippen molar-refractivity contribution >= 4 is 29.2 Å². The van der Waals surface area contributed by atoms with Crippen LogP contribution < -0.4 is 20.7 Å². The summed E-state index contributed by atoms with van der Waals surface area (Å²) in [4.78, 5) is 39.7. The van der Waals surface area contributed by atoms with E-state index >= 15 is 0 Å². The van der Waals surface area contributed by atoms with Crippen LogP contribution in [0.2, 0.25) is 0 Å². The highest BCUT2D eigenvalue weighted by Gasteiger charge is 2.39. The van der Waals surface area contributed by atoms with E-state index in [0.29, 0.717) is 48.5 Å². The zero-order valence-corrected chi connectivity index (χ0v) is 21.0. The third-order valence-corrected chi connectivity index (χ3v) is 6.53. The van der Waals surface area contributed by atoms with Gasteiger partial charge in [-0.05, 0) is 62.1 Å². The van der Waals surface area contributed by atoms with E-state index in [1.165, 1.54) is 0 Å². The van der Waals surface area contributed by atoms with E-state index in [9.17, 15) is 14.4 Å². The van der Waals surface area contributed by atoms with Gasteiger partial charge in [-0.1, -0.05) is 19.1 Å². The second-order valence-electron chi connectivity index (χ2n) is 9.38. The summed E-state index contributed by atoms with van der Waals surface area (Å²) in [5.41, 5.74) is 2.59. The topological polar surface area (TPSA) is 109 Å². The summed E-state index contributed by atoms with van der Waals surface area (Å²) in [5, 5.41) is 8.47. The van der Waals surface area contributed by atoms with E-state index in [0.717, 1.165) is 12.0 Å². The van der Waals surface area contributed by atoms with Crippen LogP contribution >= 0.6 is 0 Å². The molecule has 3 N–H and O–H groups in total. The predicted octanol–water partition coefficient (Wildman–Crippen LogP) is 3.94. The molecule has 2 heterocycles. The maximum atomic E-state index is 13.4. The number of urea groups is 1. The molecule has 4 amide bonds. The number of anilines is 2. The van der Waals surface area contributed by atoms with Crippen LogP contribution in [0.25, 0.3) is 0 Å². The third kappa shape index (κ3) is 6.15. The number of carbonyl (C=O) groups excluding carboxylic acids is 3. The molecule has 0 unspecified atom stereocenters. The van der Waals surface area contributed by atoms with E-state index in [4.69, 9.17) is 9.47 Å². The fourth-order valence-electron chi connectivity index (χ4n) is 4.66. The molecule has 2 aromatic carbocycles. The minimum Gasteiger partial charge on any atom is -0.490 e. The quantitative estimate of drug-likeness (QED) is 0.564. The maximum absolute atomic E-state index is 13.4. The lowest BCUT2D eigenvalue weighted by atomic mass is 9.94. The van der Waals surface area contributed by atoms with Gasteiger partial charge in [0.2, 0.25) is 5.91 Å². The van der Waals surface area contributed by atoms with Gasteiger partial charge in [0.25, 0.3) is 5.91 Å². The van der Waals surface area contributed by atoms with Gasteiger partial charge in [-0.25, -0.2) is 4.79 Å². The summed E-state index contributed by atoms with van der Waals surface area (Å²) in [6.07, 6.45) is 2.06. The first-order valence-corrected chi connectivity index (χ1v) is 12.4. The Morgan fingerprint density at radius 2 is 1.86 bits per heavy atom. The molecular formula is C27H34N4O5. The zero-order valence-electron chi connectivity index (χ0n) is 21.0. The lowest BCUT2D eigenvalue weighted by Gasteiger charge is -2.42. The van der Waals surface area contributed by atoms with Gasteiger partial charge < -0.3 is 30.3 Å². The summed E-state index contributed by atoms with van der Waals surface area (Å²) in [7, 11) is 1.76. The van der Waals surface area contributed by atoms with Crippen LogP contribution in [-0.4, -0.2) is 61.2 Å². The lowest BCUT2D eigenvalue weighted by Crippen LogP contribution is -2.54. The van der Waals surface area contributed by atoms with Crippen molar-refractivity contribution < 1.29 is 23.9 Å². The Labute approximate surface area is 211 Å². The smallest absolute Gasteiger partial charge is 0.323 e. The van der Waals surface area contributed by atoms with E-state index < -0.39 is 6.03 Å². The molecule has 9 nitrogen and oxygen atoms in total. The van der Waals surface area contributed by atoms with Crippen molar-refractivity contribution in [1.82, 2.24) is 10.2 Å². The number of likely N-dealkylation sites (N-methyl/N-ethyl adjacent to an activating group) is 1. The Balaban J connectivity index is 1.43. The Morgan fingerprint density at radius 1 is 1.08 bits per heavy atom. The number of rotatable bonds is 6. The van der Waals surface area contributed by atoms with Gasteiger partial charge in [-0.15, -0.1) is 0 Å². The number of nitrogens with zero attached hydrogens (tertiary/aromatic N) is 1. The van der Waals surface area contributed by atoms with Crippen molar-refractivity contribution in [3.05, 3.63) is 53.6 Å². The second-order valence-corrected chi connectivity index (χ2v) is 9.38. The molecule has 2 aromatic rings. The largest absolute Gasteiger partial charge is 0.490 e. The molecule has 9 heteroatoms. The van der Waals surface area contributed by atoms with Gasteiger partial charge in [0.05, 0.1) is 24.1 Å². The first kappa shape index (κ1) is 25.5. The molecule has 4 rings (SSSR count). The molecule has 0 aliphatic carbocycles. The van der Waals surface area contributed by atoms with Gasteiger partial charge in [0, 0.05) is 25.0 Å². The van der Waals surface area contributed by atoms with E-state index in [1.54, 1.807) is 30.1 Å². The molecule has 2 aliphatic rings. The molecule has 192 valence electrons. The van der Waals surface area contributed by atoms with Crippen molar-refractivity contribution in [2.24, 2.45) is 0 Å². The number of ether oxygens (including phenoxy) is 2. The molecule has 1 fully saturated rings. The Kier molecular flexibility index (Phi) is 8.10. The number of hydrogen-bond donors (Lipinski definition) is 3. The summed E-state index contributed by atoms with van der Waals surface area (Å²) in [6, 6.07) is 12.0. The number of benzene rings is 2. The van der Waals surface area contributed by atoms with Crippen LogP contribution in [-0.2, 0) is 9.53 Å². The maximum Gasteiger partial charge on any atom is 0.323 e. The summed E-state index contributed by atoms with van der Waals surface area (Å²) >= 11 is 0. The third-order valence-electron chi connectivity index (χ3n) is 6.53. The van der Waals surface area contributed by atoms with Crippen LogP contribution in [0, 0.1) is 6.92 Å². The fraction of sp³-hybridized carbons (Fsp3) is 0.444. The van der Waals surface area contributed by atoms with Crippen molar-refractivity contribution in [2.45, 2.75) is 57.8 Å². The molecule has 3 atom stereocenters. The van der Waals surface area contributed by atoms with Crippen LogP contribution in [0.15, 0.2) is 42.5 Å². The number of amides is 4. The van der Waals surface area contributed by atoms with Crippen molar-refractivity contribution in [3.8, 4) is 5.75 Å². The summed E-state index contributed by atoms with van der Waals surface area (Å²) in [5.74, 6) is 0.208. The highest BCUT2D eigenvalue weighted by molar-refractivity contribution is 6.02. The first-order chi connectivity index (χ1) is 17.3. The number of fused-ring (bicyclic) bond motifs is 2. The summed E-state index contributed by atoms with van der Waals surface area (Å²) in [6.45, 7) is 4.88. The monoisotopic (exact) mass is 494 g/mol. The van der Waals surface area contributed by atoms with Crippen LogP contribution in [0.4, 0.5) is 16.2 Å². The molecular weight excluding hydrogens is 460 g/mol. The van der Waals surface area contributed by atoms with Gasteiger partial charge in [-0.3, -0.25) is 9.59 Å². The highest BCUT2D eigenvalue weighted by Crippen LogP contribution is 2.32. The first-order valence-electron chi connectivity index (χ1n) is 12.4.